The highest BCUT2D eigenvalue weighted by Crippen LogP contribution is 2.76. The van der Waals surface area contributed by atoms with E-state index in [-0.39, 0.29) is 15.2 Å². The van der Waals surface area contributed by atoms with E-state index in [2.05, 4.69) is 60.7 Å². The first-order chi connectivity index (χ1) is 12.9. The Bertz CT molecular complexity index is 585. The van der Waals surface area contributed by atoms with Crippen LogP contribution in [0.3, 0.4) is 0 Å². The molecule has 2 fully saturated rings. The summed E-state index contributed by atoms with van der Waals surface area (Å²) in [6.07, 6.45) is 14.8. The molecular weight excluding hydrogens is 350 g/mol. The van der Waals surface area contributed by atoms with E-state index in [4.69, 9.17) is 0 Å². The summed E-state index contributed by atoms with van der Waals surface area (Å²) < 4.78 is 0. The van der Waals surface area contributed by atoms with Crippen LogP contribution in [0.1, 0.15) is 64.2 Å². The molecule has 26 heavy (non-hydrogen) atoms. The van der Waals surface area contributed by atoms with Crippen LogP contribution in [-0.2, 0) is 0 Å². The monoisotopic (exact) mass is 382 g/mol. The standard InChI is InChI=1S/C24H32P2/c1-5-13-21(14-6-1)25(22-15-7-2-8-16-22)26(23-17-9-3-10-18-23)24-19-11-4-12-20-24/h1-2,5-8,13-16,23-24H,3-4,9-12,17-20H2. The Balaban J connectivity index is 1.74. The fourth-order valence-corrected chi connectivity index (χ4v) is 15.4. The van der Waals surface area contributed by atoms with Crippen LogP contribution in [-0.4, -0.2) is 11.3 Å². The van der Waals surface area contributed by atoms with Gasteiger partial charge in [0, 0.05) is 0 Å². The van der Waals surface area contributed by atoms with Crippen molar-refractivity contribution in [1.82, 2.24) is 0 Å². The number of hydrogen-bond donors (Lipinski definition) is 0. The van der Waals surface area contributed by atoms with Crippen LogP contribution in [0, 0.1) is 0 Å². The van der Waals surface area contributed by atoms with Gasteiger partial charge in [-0.3, -0.25) is 0 Å². The molecule has 0 radical (unpaired) electrons. The van der Waals surface area contributed by atoms with Crippen molar-refractivity contribution in [2.24, 2.45) is 0 Å². The molecule has 2 aliphatic rings. The first kappa shape index (κ1) is 18.7. The minimum Gasteiger partial charge on any atom is -0.0654 e. The van der Waals surface area contributed by atoms with Crippen LogP contribution in [0.25, 0.3) is 0 Å². The zero-order valence-corrected chi connectivity index (χ0v) is 17.7. The molecular formula is C24H32P2. The summed E-state index contributed by atoms with van der Waals surface area (Å²) >= 11 is 0. The van der Waals surface area contributed by atoms with Crippen LogP contribution in [0.2, 0.25) is 0 Å². The maximum absolute atomic E-state index is 2.43. The molecule has 0 N–H and O–H groups in total. The second kappa shape index (κ2) is 9.48. The maximum atomic E-state index is 2.43. The first-order valence-electron chi connectivity index (χ1n) is 10.6. The SMILES string of the molecule is c1ccc(P(c2ccccc2)P(C2CCCCC2)C2CCCCC2)cc1. The van der Waals surface area contributed by atoms with E-state index in [0.717, 1.165) is 11.3 Å². The van der Waals surface area contributed by atoms with E-state index in [0.29, 0.717) is 0 Å². The lowest BCUT2D eigenvalue weighted by atomic mass is 10.00. The fourth-order valence-electron chi connectivity index (χ4n) is 4.87. The fraction of sp³-hybridized carbons (Fsp3) is 0.500. The van der Waals surface area contributed by atoms with Crippen molar-refractivity contribution in [3.63, 3.8) is 0 Å². The van der Waals surface area contributed by atoms with Gasteiger partial charge in [0.05, 0.1) is 0 Å². The normalized spacial score (nSPS) is 19.9. The highest BCUT2D eigenvalue weighted by Gasteiger charge is 2.37. The predicted molar refractivity (Wildman–Crippen MR) is 120 cm³/mol. The van der Waals surface area contributed by atoms with Crippen molar-refractivity contribution in [1.29, 1.82) is 0 Å². The van der Waals surface area contributed by atoms with E-state index in [9.17, 15) is 0 Å². The third kappa shape index (κ3) is 4.40. The lowest BCUT2D eigenvalue weighted by molar-refractivity contribution is 0.488. The van der Waals surface area contributed by atoms with E-state index >= 15 is 0 Å². The van der Waals surface area contributed by atoms with Crippen molar-refractivity contribution < 1.29 is 0 Å². The maximum Gasteiger partial charge on any atom is -0.0152 e. The molecule has 2 saturated carbocycles. The summed E-state index contributed by atoms with van der Waals surface area (Å²) in [5.74, 6) is 0. The van der Waals surface area contributed by atoms with Gasteiger partial charge in [0.15, 0.2) is 0 Å². The summed E-state index contributed by atoms with van der Waals surface area (Å²) in [5.41, 5.74) is 2.02. The van der Waals surface area contributed by atoms with E-state index < -0.39 is 0 Å². The summed E-state index contributed by atoms with van der Waals surface area (Å²) in [5, 5.41) is 3.27. The van der Waals surface area contributed by atoms with Crippen LogP contribution < -0.4 is 10.6 Å². The van der Waals surface area contributed by atoms with Gasteiger partial charge < -0.3 is 0 Å². The molecule has 0 nitrogen and oxygen atoms in total. The largest absolute Gasteiger partial charge is 0.0654 e. The molecule has 0 bridgehead atoms. The zero-order valence-electron chi connectivity index (χ0n) is 15.9. The van der Waals surface area contributed by atoms with E-state index in [1.54, 1.807) is 10.6 Å². The Kier molecular flexibility index (Phi) is 6.80. The number of rotatable bonds is 5. The molecule has 4 rings (SSSR count). The second-order valence-corrected chi connectivity index (χ2v) is 14.4. The molecule has 0 atom stereocenters. The van der Waals surface area contributed by atoms with Crippen LogP contribution >= 0.6 is 15.2 Å². The Morgan fingerprint density at radius 2 is 0.885 bits per heavy atom. The van der Waals surface area contributed by atoms with Gasteiger partial charge >= 0.3 is 0 Å². The first-order valence-corrected chi connectivity index (χ1v) is 14.1. The number of benzene rings is 2. The molecule has 2 aliphatic carbocycles. The van der Waals surface area contributed by atoms with Crippen LogP contribution in [0.5, 0.6) is 0 Å². The lowest BCUT2D eigenvalue weighted by Gasteiger charge is -2.43. The van der Waals surface area contributed by atoms with Gasteiger partial charge in [0.2, 0.25) is 0 Å². The highest BCUT2D eigenvalue weighted by molar-refractivity contribution is 8.36. The molecule has 2 aromatic rings. The Morgan fingerprint density at radius 3 is 1.27 bits per heavy atom. The Hall–Kier alpha value is -0.700. The van der Waals surface area contributed by atoms with Crippen LogP contribution in [0.4, 0.5) is 0 Å². The molecule has 0 amide bonds. The molecule has 2 heteroatoms. The molecule has 0 saturated heterocycles. The smallest absolute Gasteiger partial charge is 0.0152 e. The molecule has 0 aromatic heterocycles. The quantitative estimate of drug-likeness (QED) is 0.480. The summed E-state index contributed by atoms with van der Waals surface area (Å²) in [7, 11) is -0.143. The van der Waals surface area contributed by atoms with Gasteiger partial charge in [0.1, 0.15) is 0 Å². The van der Waals surface area contributed by atoms with E-state index in [1.807, 2.05) is 0 Å². The average Bonchev–Trinajstić information content (AvgIpc) is 2.74. The molecule has 2 aromatic carbocycles. The highest BCUT2D eigenvalue weighted by atomic mass is 32.1. The Morgan fingerprint density at radius 1 is 0.500 bits per heavy atom. The van der Waals surface area contributed by atoms with Gasteiger partial charge in [-0.2, -0.15) is 0 Å². The van der Waals surface area contributed by atoms with Gasteiger partial charge in [-0.15, -0.1) is 0 Å². The molecule has 138 valence electrons. The van der Waals surface area contributed by atoms with Gasteiger partial charge in [-0.05, 0) is 55.2 Å². The predicted octanol–water partition coefficient (Wildman–Crippen LogP) is 7.18. The van der Waals surface area contributed by atoms with Crippen LogP contribution in [0.15, 0.2) is 60.7 Å². The molecule has 0 spiro atoms. The minimum atomic E-state index is -0.195. The molecule has 0 heterocycles. The van der Waals surface area contributed by atoms with Crippen molar-refractivity contribution >= 4 is 25.8 Å². The summed E-state index contributed by atoms with van der Waals surface area (Å²) in [4.78, 5) is 0. The Labute approximate surface area is 162 Å². The lowest BCUT2D eigenvalue weighted by Crippen LogP contribution is -2.24. The topological polar surface area (TPSA) is 0 Å². The van der Waals surface area contributed by atoms with E-state index in [1.165, 1.54) is 64.2 Å². The molecule has 0 unspecified atom stereocenters. The summed E-state index contributed by atoms with van der Waals surface area (Å²) in [6.45, 7) is 0. The van der Waals surface area contributed by atoms with Crippen molar-refractivity contribution in [2.75, 3.05) is 0 Å². The second-order valence-electron chi connectivity index (χ2n) is 7.95. The van der Waals surface area contributed by atoms with Gasteiger partial charge in [-0.25, -0.2) is 0 Å². The average molecular weight is 382 g/mol. The third-order valence-electron chi connectivity index (χ3n) is 6.13. The molecule has 0 aliphatic heterocycles. The minimum absolute atomic E-state index is 0.0518. The zero-order chi connectivity index (χ0) is 17.6. The third-order valence-corrected chi connectivity index (χ3v) is 15.4. The number of hydrogen-bond acceptors (Lipinski definition) is 0. The van der Waals surface area contributed by atoms with Crippen molar-refractivity contribution in [3.05, 3.63) is 60.7 Å². The van der Waals surface area contributed by atoms with Gasteiger partial charge in [-0.1, -0.05) is 107 Å². The van der Waals surface area contributed by atoms with Gasteiger partial charge in [0.25, 0.3) is 0 Å². The van der Waals surface area contributed by atoms with Crippen molar-refractivity contribution in [2.45, 2.75) is 75.5 Å². The summed E-state index contributed by atoms with van der Waals surface area (Å²) in [6, 6.07) is 23.2. The van der Waals surface area contributed by atoms with Crippen molar-refractivity contribution in [3.8, 4) is 0 Å².